The minimum Gasteiger partial charge on any atom is -0.461 e. The van der Waals surface area contributed by atoms with E-state index in [0.29, 0.717) is 17.8 Å². The lowest BCUT2D eigenvalue weighted by Crippen LogP contribution is -2.39. The summed E-state index contributed by atoms with van der Waals surface area (Å²) in [6.07, 6.45) is 3.47. The maximum atomic E-state index is 11.5. The highest BCUT2D eigenvalue weighted by atomic mass is 16.5. The first-order valence-corrected chi connectivity index (χ1v) is 6.38. The zero-order valence-electron chi connectivity index (χ0n) is 10.9. The van der Waals surface area contributed by atoms with Gasteiger partial charge in [0.1, 0.15) is 12.1 Å². The van der Waals surface area contributed by atoms with Crippen molar-refractivity contribution >= 4 is 5.97 Å². The van der Waals surface area contributed by atoms with Crippen LogP contribution in [0.4, 0.5) is 0 Å². The number of hydrogen-bond acceptors (Lipinski definition) is 3. The molecule has 94 valence electrons. The van der Waals surface area contributed by atoms with Gasteiger partial charge in [0.25, 0.3) is 0 Å². The summed E-state index contributed by atoms with van der Waals surface area (Å²) >= 11 is 0. The van der Waals surface area contributed by atoms with Gasteiger partial charge in [0, 0.05) is 0 Å². The first-order chi connectivity index (χ1) is 7.41. The van der Waals surface area contributed by atoms with Crippen molar-refractivity contribution in [2.45, 2.75) is 59.1 Å². The molecule has 3 heteroatoms. The van der Waals surface area contributed by atoms with Gasteiger partial charge >= 0.3 is 5.97 Å². The van der Waals surface area contributed by atoms with Gasteiger partial charge in [0.2, 0.25) is 0 Å². The number of ether oxygens (including phenoxy) is 1. The molecule has 1 saturated carbocycles. The number of esters is 1. The number of carbonyl (C=O) groups is 1. The molecule has 16 heavy (non-hydrogen) atoms. The van der Waals surface area contributed by atoms with E-state index in [1.54, 1.807) is 6.92 Å². The van der Waals surface area contributed by atoms with E-state index in [-0.39, 0.29) is 12.1 Å². The average molecular weight is 227 g/mol. The fourth-order valence-corrected chi connectivity index (χ4v) is 2.51. The van der Waals surface area contributed by atoms with Crippen LogP contribution < -0.4 is 5.73 Å². The summed E-state index contributed by atoms with van der Waals surface area (Å²) in [5.74, 6) is 1.46. The van der Waals surface area contributed by atoms with Crippen LogP contribution in [-0.4, -0.2) is 18.1 Å². The summed E-state index contributed by atoms with van der Waals surface area (Å²) in [6, 6.07) is -0.509. The summed E-state index contributed by atoms with van der Waals surface area (Å²) in [5, 5.41) is 0. The Morgan fingerprint density at radius 1 is 1.31 bits per heavy atom. The fraction of sp³-hybridized carbons (Fsp3) is 0.923. The number of hydrogen-bond donors (Lipinski definition) is 1. The highest BCUT2D eigenvalue weighted by Gasteiger charge is 2.33. The van der Waals surface area contributed by atoms with Gasteiger partial charge in [-0.15, -0.1) is 0 Å². The molecule has 0 radical (unpaired) electrons. The van der Waals surface area contributed by atoms with Crippen molar-refractivity contribution in [2.75, 3.05) is 0 Å². The summed E-state index contributed by atoms with van der Waals surface area (Å²) < 4.78 is 5.53. The van der Waals surface area contributed by atoms with Crippen LogP contribution in [-0.2, 0) is 9.53 Å². The first kappa shape index (κ1) is 13.5. The van der Waals surface area contributed by atoms with E-state index in [1.807, 2.05) is 0 Å². The predicted octanol–water partition coefficient (Wildman–Crippen LogP) is 2.34. The van der Waals surface area contributed by atoms with Gasteiger partial charge in [0.15, 0.2) is 0 Å². The van der Waals surface area contributed by atoms with Crippen LogP contribution in [0.5, 0.6) is 0 Å². The van der Waals surface area contributed by atoms with E-state index < -0.39 is 6.04 Å². The molecule has 0 saturated heterocycles. The molecule has 0 amide bonds. The molecule has 1 fully saturated rings. The molecule has 0 aromatic carbocycles. The molecule has 1 unspecified atom stereocenters. The largest absolute Gasteiger partial charge is 0.461 e. The Morgan fingerprint density at radius 3 is 2.44 bits per heavy atom. The van der Waals surface area contributed by atoms with Crippen LogP contribution >= 0.6 is 0 Å². The normalized spacial score (nSPS) is 32.5. The van der Waals surface area contributed by atoms with E-state index in [0.717, 1.165) is 12.8 Å². The third-order valence-corrected chi connectivity index (χ3v) is 3.60. The van der Waals surface area contributed by atoms with Crippen molar-refractivity contribution in [1.82, 2.24) is 0 Å². The van der Waals surface area contributed by atoms with Crippen LogP contribution in [0, 0.1) is 17.8 Å². The van der Waals surface area contributed by atoms with Crippen LogP contribution in [0.15, 0.2) is 0 Å². The van der Waals surface area contributed by atoms with E-state index in [1.165, 1.54) is 6.42 Å². The second-order valence-electron chi connectivity index (χ2n) is 5.59. The Morgan fingerprint density at radius 2 is 1.94 bits per heavy atom. The van der Waals surface area contributed by atoms with E-state index in [4.69, 9.17) is 10.5 Å². The monoisotopic (exact) mass is 227 g/mol. The molecule has 3 nitrogen and oxygen atoms in total. The zero-order chi connectivity index (χ0) is 12.3. The summed E-state index contributed by atoms with van der Waals surface area (Å²) in [4.78, 5) is 11.5. The highest BCUT2D eigenvalue weighted by Crippen LogP contribution is 2.35. The molecule has 1 aliphatic rings. The van der Waals surface area contributed by atoms with Crippen LogP contribution in [0.1, 0.15) is 47.0 Å². The Balaban J connectivity index is 2.61. The Hall–Kier alpha value is -0.570. The third kappa shape index (κ3) is 3.48. The Labute approximate surface area is 98.7 Å². The van der Waals surface area contributed by atoms with Crippen LogP contribution in [0.2, 0.25) is 0 Å². The van der Waals surface area contributed by atoms with Gasteiger partial charge in [-0.25, -0.2) is 0 Å². The van der Waals surface area contributed by atoms with Gasteiger partial charge < -0.3 is 10.5 Å². The molecule has 2 N–H and O–H groups in total. The van der Waals surface area contributed by atoms with Crippen molar-refractivity contribution in [3.05, 3.63) is 0 Å². The third-order valence-electron chi connectivity index (χ3n) is 3.60. The molecular formula is C13H25NO2. The van der Waals surface area contributed by atoms with Gasteiger partial charge in [0.05, 0.1) is 0 Å². The Kier molecular flexibility index (Phi) is 4.78. The van der Waals surface area contributed by atoms with Gasteiger partial charge in [-0.1, -0.05) is 27.2 Å². The Bertz CT molecular complexity index is 238. The number of rotatable bonds is 3. The smallest absolute Gasteiger partial charge is 0.322 e. The lowest BCUT2D eigenvalue weighted by Gasteiger charge is -2.37. The molecular weight excluding hydrogens is 202 g/mol. The molecule has 0 heterocycles. The molecule has 0 bridgehead atoms. The number of carbonyl (C=O) groups excluding carboxylic acids is 1. The second-order valence-corrected chi connectivity index (χ2v) is 5.59. The molecule has 0 spiro atoms. The van der Waals surface area contributed by atoms with Gasteiger partial charge in [-0.05, 0) is 37.5 Å². The maximum Gasteiger partial charge on any atom is 0.322 e. The predicted molar refractivity (Wildman–Crippen MR) is 64.9 cm³/mol. The van der Waals surface area contributed by atoms with Crippen molar-refractivity contribution in [3.8, 4) is 0 Å². The number of nitrogens with two attached hydrogens (primary N) is 1. The fourth-order valence-electron chi connectivity index (χ4n) is 2.51. The van der Waals surface area contributed by atoms with Gasteiger partial charge in [-0.3, -0.25) is 4.79 Å². The van der Waals surface area contributed by atoms with Crippen molar-refractivity contribution in [3.63, 3.8) is 0 Å². The quantitative estimate of drug-likeness (QED) is 0.753. The lowest BCUT2D eigenvalue weighted by atomic mass is 9.75. The van der Waals surface area contributed by atoms with E-state index in [2.05, 4.69) is 20.8 Å². The van der Waals surface area contributed by atoms with Crippen LogP contribution in [0.3, 0.4) is 0 Å². The second kappa shape index (κ2) is 5.67. The summed E-state index contributed by atoms with van der Waals surface area (Å²) in [7, 11) is 0. The van der Waals surface area contributed by atoms with Crippen molar-refractivity contribution < 1.29 is 9.53 Å². The standard InChI is InChI=1S/C13H25NO2/c1-8(2)11-6-5-9(3)7-12(11)16-13(15)10(4)14/h8-12H,5-7,14H2,1-4H3/t9-,10?,11+,12-/m1/s1. The van der Waals surface area contributed by atoms with Gasteiger partial charge in [-0.2, -0.15) is 0 Å². The average Bonchev–Trinajstić information content (AvgIpc) is 2.16. The molecule has 0 aliphatic heterocycles. The molecule has 1 rings (SSSR count). The summed E-state index contributed by atoms with van der Waals surface area (Å²) in [5.41, 5.74) is 5.53. The lowest BCUT2D eigenvalue weighted by molar-refractivity contribution is -0.157. The highest BCUT2D eigenvalue weighted by molar-refractivity contribution is 5.75. The minimum absolute atomic E-state index is 0.0715. The van der Waals surface area contributed by atoms with E-state index >= 15 is 0 Å². The zero-order valence-corrected chi connectivity index (χ0v) is 10.9. The first-order valence-electron chi connectivity index (χ1n) is 6.38. The van der Waals surface area contributed by atoms with Crippen molar-refractivity contribution in [2.24, 2.45) is 23.5 Å². The summed E-state index contributed by atoms with van der Waals surface area (Å²) in [6.45, 7) is 8.31. The van der Waals surface area contributed by atoms with Crippen molar-refractivity contribution in [1.29, 1.82) is 0 Å². The minimum atomic E-state index is -0.509. The maximum absolute atomic E-state index is 11.5. The van der Waals surface area contributed by atoms with E-state index in [9.17, 15) is 4.79 Å². The SMILES string of the molecule is CC(N)C(=O)O[C@@H]1C[C@H](C)CC[C@H]1C(C)C. The molecule has 0 aromatic heterocycles. The van der Waals surface area contributed by atoms with Crippen LogP contribution in [0.25, 0.3) is 0 Å². The molecule has 4 atom stereocenters. The molecule has 1 aliphatic carbocycles. The molecule has 0 aromatic rings. The topological polar surface area (TPSA) is 52.3 Å².